The Labute approximate surface area is 253 Å². The highest BCUT2D eigenvalue weighted by Crippen LogP contribution is 2.36. The van der Waals surface area contributed by atoms with Crippen molar-refractivity contribution in [3.8, 4) is 56.2 Å². The molecule has 1 aliphatic heterocycles. The van der Waals surface area contributed by atoms with E-state index in [9.17, 15) is 0 Å². The Hall–Kier alpha value is -5.12. The maximum Gasteiger partial charge on any atom is 0.160 e. The van der Waals surface area contributed by atoms with E-state index in [1.165, 1.54) is 49.0 Å². The second-order valence-electron chi connectivity index (χ2n) is 11.9. The third-order valence-electron chi connectivity index (χ3n) is 8.82. The van der Waals surface area contributed by atoms with Crippen molar-refractivity contribution in [2.45, 2.75) is 13.1 Å². The molecule has 0 aliphatic carbocycles. The first-order valence-electron chi connectivity index (χ1n) is 14.8. The molecule has 8 rings (SSSR count). The van der Waals surface area contributed by atoms with E-state index in [1.54, 1.807) is 0 Å². The van der Waals surface area contributed by atoms with E-state index in [4.69, 9.17) is 9.97 Å². The highest BCUT2D eigenvalue weighted by Gasteiger charge is 2.42. The fourth-order valence-electron chi connectivity index (χ4n) is 6.62. The zero-order chi connectivity index (χ0) is 29.0. The van der Waals surface area contributed by atoms with Crippen LogP contribution in [0.25, 0.3) is 66.9 Å². The Balaban J connectivity index is 1.34. The van der Waals surface area contributed by atoms with Gasteiger partial charge >= 0.3 is 0 Å². The van der Waals surface area contributed by atoms with Crippen LogP contribution in [0.15, 0.2) is 146 Å². The minimum atomic E-state index is -2.12. The van der Waals surface area contributed by atoms with Crippen LogP contribution < -0.4 is 10.4 Å². The van der Waals surface area contributed by atoms with Crippen LogP contribution in [-0.4, -0.2) is 18.0 Å². The molecule has 2 heterocycles. The van der Waals surface area contributed by atoms with Gasteiger partial charge in [-0.25, -0.2) is 9.97 Å². The molecule has 7 aromatic rings. The van der Waals surface area contributed by atoms with Crippen molar-refractivity contribution >= 4 is 29.2 Å². The van der Waals surface area contributed by atoms with Crippen molar-refractivity contribution < 1.29 is 0 Å². The molecule has 0 saturated carbocycles. The molecule has 1 aromatic heterocycles. The lowest BCUT2D eigenvalue weighted by Crippen LogP contribution is -2.50. The van der Waals surface area contributed by atoms with Crippen molar-refractivity contribution in [2.75, 3.05) is 0 Å². The average Bonchev–Trinajstić information content (AvgIpc) is 3.29. The zero-order valence-electron chi connectivity index (χ0n) is 24.3. The molecule has 0 saturated heterocycles. The molecular weight excluding hydrogens is 537 g/mol. The minimum Gasteiger partial charge on any atom is -0.228 e. The van der Waals surface area contributed by atoms with Crippen LogP contribution in [-0.2, 0) is 0 Å². The van der Waals surface area contributed by atoms with Crippen LogP contribution in [0.3, 0.4) is 0 Å². The Morgan fingerprint density at radius 3 is 1.58 bits per heavy atom. The van der Waals surface area contributed by atoms with Crippen LogP contribution in [0.1, 0.15) is 0 Å². The van der Waals surface area contributed by atoms with Crippen molar-refractivity contribution in [1.82, 2.24) is 9.97 Å². The molecule has 0 bridgehead atoms. The number of hydrogen-bond acceptors (Lipinski definition) is 2. The fraction of sp³-hybridized carbons (Fsp3) is 0.0500. The predicted molar refractivity (Wildman–Crippen MR) is 183 cm³/mol. The molecule has 2 nitrogen and oxygen atoms in total. The van der Waals surface area contributed by atoms with Crippen molar-refractivity contribution in [3.63, 3.8) is 0 Å². The molecule has 0 fully saturated rings. The number of rotatable bonds is 4. The summed E-state index contributed by atoms with van der Waals surface area (Å²) in [6.07, 6.45) is 0. The van der Waals surface area contributed by atoms with E-state index >= 15 is 0 Å². The van der Waals surface area contributed by atoms with Gasteiger partial charge in [0.25, 0.3) is 0 Å². The van der Waals surface area contributed by atoms with E-state index in [-0.39, 0.29) is 0 Å². The quantitative estimate of drug-likeness (QED) is 0.199. The first-order chi connectivity index (χ1) is 21.1. The largest absolute Gasteiger partial charge is 0.228 e. The van der Waals surface area contributed by atoms with Gasteiger partial charge in [0, 0.05) is 16.7 Å². The van der Waals surface area contributed by atoms with Gasteiger partial charge in [0.05, 0.1) is 11.4 Å². The first kappa shape index (κ1) is 25.6. The van der Waals surface area contributed by atoms with Gasteiger partial charge in [-0.15, -0.1) is 0 Å². The van der Waals surface area contributed by atoms with Crippen LogP contribution in [0.4, 0.5) is 0 Å². The first-order valence-corrected chi connectivity index (χ1v) is 17.8. The van der Waals surface area contributed by atoms with Gasteiger partial charge in [-0.2, -0.15) is 0 Å². The summed E-state index contributed by atoms with van der Waals surface area (Å²) in [6.45, 7) is 4.91. The highest BCUT2D eigenvalue weighted by atomic mass is 28.3. The van der Waals surface area contributed by atoms with Crippen molar-refractivity contribution in [1.29, 1.82) is 0 Å². The Bertz CT molecular complexity index is 2150. The SMILES string of the molecule is C[Si]1(C)c2cc3ccccc3cc2-c2nc(-c3ccccc3)nc(-c3cccc(-c4cccc(-c5ccccc5)c4)c3)c21. The number of benzene rings is 6. The third-order valence-corrected chi connectivity index (χ3v) is 12.3. The summed E-state index contributed by atoms with van der Waals surface area (Å²) in [5.41, 5.74) is 10.4. The van der Waals surface area contributed by atoms with Crippen LogP contribution in [0.2, 0.25) is 13.1 Å². The van der Waals surface area contributed by atoms with Crippen LogP contribution in [0, 0.1) is 0 Å². The average molecular weight is 567 g/mol. The lowest BCUT2D eigenvalue weighted by molar-refractivity contribution is 1.20. The van der Waals surface area contributed by atoms with E-state index in [0.717, 1.165) is 28.3 Å². The monoisotopic (exact) mass is 566 g/mol. The normalized spacial score (nSPS) is 13.1. The number of nitrogens with zero attached hydrogens (tertiary/aromatic N) is 2. The molecule has 3 heteroatoms. The van der Waals surface area contributed by atoms with E-state index in [1.807, 2.05) is 6.07 Å². The van der Waals surface area contributed by atoms with Gasteiger partial charge in [0.1, 0.15) is 8.07 Å². The molecule has 0 radical (unpaired) electrons. The zero-order valence-corrected chi connectivity index (χ0v) is 25.3. The maximum absolute atomic E-state index is 5.36. The van der Waals surface area contributed by atoms with Crippen LogP contribution >= 0.6 is 0 Å². The summed E-state index contributed by atoms with van der Waals surface area (Å²) in [7, 11) is -2.12. The second kappa shape index (κ2) is 10.0. The number of fused-ring (bicyclic) bond motifs is 4. The lowest BCUT2D eigenvalue weighted by atomic mass is 9.97. The van der Waals surface area contributed by atoms with Gasteiger partial charge < -0.3 is 0 Å². The molecule has 0 spiro atoms. The fourth-order valence-corrected chi connectivity index (χ4v) is 9.84. The predicted octanol–water partition coefficient (Wildman–Crippen LogP) is 9.10. The van der Waals surface area contributed by atoms with Crippen LogP contribution in [0.5, 0.6) is 0 Å². The van der Waals surface area contributed by atoms with E-state index in [2.05, 4.69) is 153 Å². The van der Waals surface area contributed by atoms with Crippen molar-refractivity contribution in [2.24, 2.45) is 0 Å². The smallest absolute Gasteiger partial charge is 0.160 e. The molecule has 0 atom stereocenters. The number of hydrogen-bond donors (Lipinski definition) is 0. The second-order valence-corrected chi connectivity index (χ2v) is 16.2. The molecule has 1 aliphatic rings. The van der Waals surface area contributed by atoms with E-state index in [0.29, 0.717) is 0 Å². The summed E-state index contributed by atoms with van der Waals surface area (Å²) in [6, 6.07) is 52.1. The Morgan fingerprint density at radius 1 is 0.419 bits per heavy atom. The maximum atomic E-state index is 5.36. The molecule has 43 heavy (non-hydrogen) atoms. The molecular formula is C40H30N2Si. The summed E-state index contributed by atoms with van der Waals surface area (Å²) < 4.78 is 0. The summed E-state index contributed by atoms with van der Waals surface area (Å²) in [5.74, 6) is 0.775. The summed E-state index contributed by atoms with van der Waals surface area (Å²) in [5, 5.41) is 5.30. The van der Waals surface area contributed by atoms with E-state index < -0.39 is 8.07 Å². The third kappa shape index (κ3) is 4.32. The van der Waals surface area contributed by atoms with Gasteiger partial charge in [-0.3, -0.25) is 0 Å². The molecule has 0 unspecified atom stereocenters. The highest BCUT2D eigenvalue weighted by molar-refractivity contribution is 7.04. The molecule has 204 valence electrons. The Morgan fingerprint density at radius 2 is 0.907 bits per heavy atom. The van der Waals surface area contributed by atoms with Gasteiger partial charge in [-0.05, 0) is 61.6 Å². The lowest BCUT2D eigenvalue weighted by Gasteiger charge is -2.22. The summed E-state index contributed by atoms with van der Waals surface area (Å²) >= 11 is 0. The standard InChI is InChI=1S/C40H30N2Si/c1-43(2)36-26-33-18-10-9-17-32(33)25-35(36)38-39(43)37(41-40(42-38)28-15-7-4-8-16-28)34-22-12-21-31(24-34)30-20-11-19-29(23-30)27-13-5-3-6-14-27/h3-26H,1-2H3. The van der Waals surface area contributed by atoms with Crippen molar-refractivity contribution in [3.05, 3.63) is 146 Å². The molecule has 0 amide bonds. The number of aromatic nitrogens is 2. The van der Waals surface area contributed by atoms with Gasteiger partial charge in [0.15, 0.2) is 5.82 Å². The topological polar surface area (TPSA) is 25.8 Å². The molecule has 0 N–H and O–H groups in total. The van der Waals surface area contributed by atoms with Gasteiger partial charge in [-0.1, -0.05) is 140 Å². The Kier molecular flexibility index (Phi) is 5.95. The van der Waals surface area contributed by atoms with Gasteiger partial charge in [0.2, 0.25) is 0 Å². The summed E-state index contributed by atoms with van der Waals surface area (Å²) in [4.78, 5) is 10.7. The molecule has 6 aromatic carbocycles. The minimum absolute atomic E-state index is 0.775.